The molecule has 8 atom stereocenters. The van der Waals surface area contributed by atoms with Crippen LogP contribution in [0.15, 0.2) is 76.4 Å². The van der Waals surface area contributed by atoms with Crippen LogP contribution in [0.1, 0.15) is 111 Å². The number of nitrogens with two attached hydrogens (primary N) is 1. The van der Waals surface area contributed by atoms with Crippen LogP contribution in [0.2, 0.25) is 0 Å². The molecule has 0 radical (unpaired) electrons. The van der Waals surface area contributed by atoms with Crippen molar-refractivity contribution in [3.63, 3.8) is 0 Å². The molecule has 0 bridgehead atoms. The molecule has 60 heavy (non-hydrogen) atoms. The molecular formula is C48H65N3O9. The van der Waals surface area contributed by atoms with Gasteiger partial charge in [0.05, 0.1) is 49.0 Å². The lowest BCUT2D eigenvalue weighted by Crippen LogP contribution is -2.45. The molecule has 5 N–H and O–H groups in total. The quantitative estimate of drug-likeness (QED) is 0.0515. The zero-order valence-corrected chi connectivity index (χ0v) is 36.2. The molecule has 0 heterocycles. The summed E-state index contributed by atoms with van der Waals surface area (Å²) in [6, 6.07) is 14.6. The SMILES string of the molecule is CCC1=C[C@@H]2[C@H](C1)C[C@]2(C#N)CC(=O)O.CCOC(=O)C(C(=O)O)=C1C[C@H]2CC(CC)=C[C@@H]12.CCOC(=O)C[C@@]1(C#N)C[C@H]2CC(CC)=C[C@H]21.CO.NCc1ccccc1. The van der Waals surface area contributed by atoms with E-state index in [1.54, 1.807) is 13.8 Å². The maximum atomic E-state index is 11.7. The minimum atomic E-state index is -1.17. The minimum absolute atomic E-state index is 0.00182. The highest BCUT2D eigenvalue weighted by Gasteiger charge is 2.57. The Morgan fingerprint density at radius 1 is 0.717 bits per heavy atom. The van der Waals surface area contributed by atoms with Crippen molar-refractivity contribution in [1.29, 1.82) is 10.5 Å². The van der Waals surface area contributed by atoms with E-state index in [1.165, 1.54) is 22.3 Å². The second-order valence-electron chi connectivity index (χ2n) is 16.3. The fourth-order valence-corrected chi connectivity index (χ4v) is 9.78. The van der Waals surface area contributed by atoms with E-state index in [4.69, 9.17) is 35.8 Å². The Bertz CT molecular complexity index is 1890. The standard InChI is InChI=1S/C14H19NO2.C14H18O4.C12H15NO2.C7H9N.CH4O/c1-3-10-5-11-7-14(9-15,12(11)6-10)8-13(16)17-4-2;1-3-8-5-9-7-11(10(9)6-8)12(13(15)16)14(17)18-4-2;1-2-8-3-9-5-12(7-13,6-11(14)15)10(9)4-8;8-6-7-4-2-1-3-5-7;1-2/h6,11-12H,3-5,7-8H2,1-2H3;6,9-10H,3-5,7H2,1-2H3,(H,15,16);4,9-10H,2-3,5-6H2,1H3,(H,14,15);1-5H,6,8H2;2H,1H3/t11-,12-,14-;9-,10-;9-,10-,12-;;/m111../s1. The number of benzene rings is 1. The van der Waals surface area contributed by atoms with Gasteiger partial charge in [-0.15, -0.1) is 0 Å². The summed E-state index contributed by atoms with van der Waals surface area (Å²) in [5.74, 6) is -0.677. The number of aliphatic hydroxyl groups excluding tert-OH is 1. The first kappa shape index (κ1) is 49.3. The Morgan fingerprint density at radius 3 is 1.62 bits per heavy atom. The van der Waals surface area contributed by atoms with Crippen LogP contribution < -0.4 is 5.73 Å². The molecule has 3 saturated carbocycles. The molecule has 7 rings (SSSR count). The number of rotatable bonds is 12. The average Bonchev–Trinajstić information content (AvgIpc) is 3.89. The van der Waals surface area contributed by atoms with Crippen LogP contribution >= 0.6 is 0 Å². The molecule has 12 nitrogen and oxygen atoms in total. The van der Waals surface area contributed by atoms with E-state index in [0.29, 0.717) is 37.3 Å². The van der Waals surface area contributed by atoms with Crippen molar-refractivity contribution in [3.8, 4) is 12.1 Å². The number of fused-ring (bicyclic) bond motifs is 3. The maximum Gasteiger partial charge on any atom is 0.345 e. The first-order chi connectivity index (χ1) is 28.8. The molecule has 0 amide bonds. The van der Waals surface area contributed by atoms with E-state index in [0.717, 1.165) is 64.0 Å². The van der Waals surface area contributed by atoms with Crippen LogP contribution in [0.4, 0.5) is 0 Å². The van der Waals surface area contributed by atoms with Gasteiger partial charge in [-0.2, -0.15) is 10.5 Å². The highest BCUT2D eigenvalue weighted by Crippen LogP contribution is 2.61. The number of aliphatic hydroxyl groups is 1. The third-order valence-electron chi connectivity index (χ3n) is 12.9. The summed E-state index contributed by atoms with van der Waals surface area (Å²) in [5.41, 5.74) is 10.3. The summed E-state index contributed by atoms with van der Waals surface area (Å²) in [6.45, 7) is 11.1. The van der Waals surface area contributed by atoms with Crippen molar-refractivity contribution in [3.05, 3.63) is 82.0 Å². The van der Waals surface area contributed by atoms with E-state index in [9.17, 15) is 24.4 Å². The van der Waals surface area contributed by atoms with Crippen LogP contribution in [-0.2, 0) is 35.2 Å². The van der Waals surface area contributed by atoms with Crippen LogP contribution in [0.3, 0.4) is 0 Å². The smallest absolute Gasteiger partial charge is 0.345 e. The van der Waals surface area contributed by atoms with Gasteiger partial charge in [-0.25, -0.2) is 9.59 Å². The highest BCUT2D eigenvalue weighted by atomic mass is 16.5. The summed E-state index contributed by atoms with van der Waals surface area (Å²) in [6.07, 6.45) is 15.4. The Kier molecular flexibility index (Phi) is 19.0. The van der Waals surface area contributed by atoms with Gasteiger partial charge < -0.3 is 30.5 Å². The number of aliphatic carboxylic acids is 2. The number of carbonyl (C=O) groups excluding carboxylic acids is 2. The van der Waals surface area contributed by atoms with E-state index < -0.39 is 28.7 Å². The summed E-state index contributed by atoms with van der Waals surface area (Å²) in [4.78, 5) is 45.2. The van der Waals surface area contributed by atoms with Crippen molar-refractivity contribution < 1.29 is 44.0 Å². The Hall–Kier alpha value is -5.04. The third-order valence-corrected chi connectivity index (χ3v) is 12.9. The van der Waals surface area contributed by atoms with Gasteiger partial charge in [-0.1, -0.05) is 86.1 Å². The van der Waals surface area contributed by atoms with Crippen molar-refractivity contribution in [2.45, 2.75) is 112 Å². The highest BCUT2D eigenvalue weighted by molar-refractivity contribution is 6.14. The Balaban J connectivity index is 0.000000217. The first-order valence-corrected chi connectivity index (χ1v) is 21.4. The van der Waals surface area contributed by atoms with Crippen molar-refractivity contribution in [2.75, 3.05) is 20.3 Å². The molecule has 12 heteroatoms. The number of allylic oxidation sites excluding steroid dienone is 7. The lowest BCUT2D eigenvalue weighted by Gasteiger charge is -2.46. The lowest BCUT2D eigenvalue weighted by molar-refractivity contribution is -0.148. The minimum Gasteiger partial charge on any atom is -0.481 e. The number of carboxylic acid groups (broad SMARTS) is 2. The van der Waals surface area contributed by atoms with Gasteiger partial charge in [-0.05, 0) is 112 Å². The molecule has 1 aromatic rings. The van der Waals surface area contributed by atoms with Gasteiger partial charge in [0.2, 0.25) is 0 Å². The monoisotopic (exact) mass is 827 g/mol. The number of carboxylic acids is 2. The normalized spacial score (nSPS) is 28.8. The topological polar surface area (TPSA) is 221 Å². The van der Waals surface area contributed by atoms with Crippen LogP contribution in [0.5, 0.6) is 0 Å². The van der Waals surface area contributed by atoms with Gasteiger partial charge in [0, 0.05) is 19.6 Å². The fraction of sp³-hybridized carbons (Fsp3) is 0.583. The summed E-state index contributed by atoms with van der Waals surface area (Å²) in [7, 11) is 1.00. The van der Waals surface area contributed by atoms with Gasteiger partial charge >= 0.3 is 23.9 Å². The van der Waals surface area contributed by atoms with Gasteiger partial charge in [-0.3, -0.25) is 9.59 Å². The van der Waals surface area contributed by atoms with Crippen LogP contribution in [-0.4, -0.2) is 59.5 Å². The van der Waals surface area contributed by atoms with Crippen LogP contribution in [0.25, 0.3) is 0 Å². The molecule has 6 aliphatic rings. The third kappa shape index (κ3) is 11.6. The zero-order chi connectivity index (χ0) is 44.6. The molecule has 0 aromatic heterocycles. The number of esters is 2. The predicted molar refractivity (Wildman–Crippen MR) is 227 cm³/mol. The average molecular weight is 828 g/mol. The van der Waals surface area contributed by atoms with E-state index in [-0.39, 0.29) is 48.7 Å². The van der Waals surface area contributed by atoms with Gasteiger partial charge in [0.25, 0.3) is 0 Å². The number of hydrogen-bond donors (Lipinski definition) is 4. The number of nitrogens with zero attached hydrogens (tertiary/aromatic N) is 2. The van der Waals surface area contributed by atoms with Gasteiger partial charge in [0.15, 0.2) is 0 Å². The summed E-state index contributed by atoms with van der Waals surface area (Å²) in [5, 5.41) is 43.5. The van der Waals surface area contributed by atoms with Crippen LogP contribution in [0, 0.1) is 69.0 Å². The predicted octanol–water partition coefficient (Wildman–Crippen LogP) is 8.23. The summed E-state index contributed by atoms with van der Waals surface area (Å²) >= 11 is 0. The summed E-state index contributed by atoms with van der Waals surface area (Å²) < 4.78 is 9.79. The fourth-order valence-electron chi connectivity index (χ4n) is 9.78. The second-order valence-corrected chi connectivity index (χ2v) is 16.3. The van der Waals surface area contributed by atoms with Gasteiger partial charge in [0.1, 0.15) is 5.57 Å². The molecule has 6 aliphatic carbocycles. The van der Waals surface area contributed by atoms with E-state index in [1.807, 2.05) is 30.3 Å². The largest absolute Gasteiger partial charge is 0.481 e. The lowest BCUT2D eigenvalue weighted by atomic mass is 9.54. The Labute approximate surface area is 355 Å². The van der Waals surface area contributed by atoms with Crippen molar-refractivity contribution in [2.24, 2.45) is 52.1 Å². The first-order valence-electron chi connectivity index (χ1n) is 21.4. The molecule has 0 spiro atoms. The molecule has 326 valence electrons. The van der Waals surface area contributed by atoms with Crippen molar-refractivity contribution >= 4 is 23.9 Å². The Morgan fingerprint density at radius 2 is 1.20 bits per heavy atom. The number of hydrogen-bond acceptors (Lipinski definition) is 10. The zero-order valence-electron chi connectivity index (χ0n) is 36.2. The maximum absolute atomic E-state index is 11.7. The number of nitriles is 2. The number of carbonyl (C=O) groups is 4. The molecule has 0 saturated heterocycles. The molecule has 3 fully saturated rings. The van der Waals surface area contributed by atoms with E-state index in [2.05, 4.69) is 51.1 Å². The molecular weight excluding hydrogens is 763 g/mol. The molecule has 1 aromatic carbocycles. The van der Waals surface area contributed by atoms with E-state index >= 15 is 0 Å². The van der Waals surface area contributed by atoms with Crippen molar-refractivity contribution in [1.82, 2.24) is 0 Å². The second kappa shape index (κ2) is 23.1. The molecule has 0 unspecified atom stereocenters. The molecule has 0 aliphatic heterocycles. The number of ether oxygens (including phenoxy) is 2.